The Morgan fingerprint density at radius 1 is 0.943 bits per heavy atom. The lowest BCUT2D eigenvalue weighted by atomic mass is 10.1. The van der Waals surface area contributed by atoms with Gasteiger partial charge in [-0.3, -0.25) is 28.1 Å². The number of fused-ring (bicyclic) bond motifs is 3. The van der Waals surface area contributed by atoms with Crippen LogP contribution in [-0.4, -0.2) is 126 Å². The van der Waals surface area contributed by atoms with Crippen LogP contribution in [0.3, 0.4) is 0 Å². The molecule has 0 spiro atoms. The molecule has 3 rings (SSSR count). The first-order valence-corrected chi connectivity index (χ1v) is 17.5. The Morgan fingerprint density at radius 2 is 1.58 bits per heavy atom. The summed E-state index contributed by atoms with van der Waals surface area (Å²) in [5.41, 5.74) is -0.723. The smallest absolute Gasteiger partial charge is 0.408 e. The molecule has 5 N–H and O–H groups in total. The lowest BCUT2D eigenvalue weighted by Gasteiger charge is -2.23. The van der Waals surface area contributed by atoms with Gasteiger partial charge in [-0.1, -0.05) is 0 Å². The maximum Gasteiger partial charge on any atom is 0.408 e. The van der Waals surface area contributed by atoms with E-state index in [0.717, 1.165) is 0 Å². The quantitative estimate of drug-likeness (QED) is 0.0647. The van der Waals surface area contributed by atoms with Crippen LogP contribution in [0.4, 0.5) is 9.18 Å². The summed E-state index contributed by atoms with van der Waals surface area (Å²) in [6.45, 7) is 7.91. The number of benzene rings is 1. The number of ether oxygens (including phenoxy) is 5. The second-order valence-corrected chi connectivity index (χ2v) is 13.0. The Labute approximate surface area is 309 Å². The van der Waals surface area contributed by atoms with E-state index in [1.54, 1.807) is 25.2 Å². The van der Waals surface area contributed by atoms with Crippen LogP contribution in [0.15, 0.2) is 23.0 Å². The summed E-state index contributed by atoms with van der Waals surface area (Å²) in [6, 6.07) is 2.83. The summed E-state index contributed by atoms with van der Waals surface area (Å²) in [5, 5.41) is 23.7. The molecule has 0 aliphatic heterocycles. The number of halogens is 1. The maximum absolute atomic E-state index is 13.9. The van der Waals surface area contributed by atoms with Crippen LogP contribution in [0.5, 0.6) is 0 Å². The molecule has 0 aliphatic rings. The number of alkyl carbamates (subject to hydrolysis) is 1. The van der Waals surface area contributed by atoms with Gasteiger partial charge in [0, 0.05) is 32.5 Å². The van der Waals surface area contributed by atoms with Gasteiger partial charge < -0.3 is 44.7 Å². The second-order valence-electron chi connectivity index (χ2n) is 12.6. The minimum Gasteiger partial charge on any atom is -0.481 e. The number of nitrogens with one attached hydrogen (secondary N) is 4. The highest BCUT2D eigenvalue weighted by atomic mass is 32.1. The molecule has 1 atom stereocenters. The van der Waals surface area contributed by atoms with Crippen molar-refractivity contribution in [2.75, 3.05) is 65.9 Å². The number of aromatic nitrogens is 4. The fraction of sp³-hybridized carbons (Fsp3) is 0.606. The van der Waals surface area contributed by atoms with Gasteiger partial charge in [0.05, 0.1) is 63.8 Å². The van der Waals surface area contributed by atoms with Crippen molar-refractivity contribution >= 4 is 52.8 Å². The van der Waals surface area contributed by atoms with Gasteiger partial charge in [0.1, 0.15) is 17.5 Å². The van der Waals surface area contributed by atoms with Crippen LogP contribution in [0.2, 0.25) is 0 Å². The normalized spacial score (nSPS) is 12.2. The number of H-pyrrole nitrogens is 1. The Balaban J connectivity index is 1.16. The van der Waals surface area contributed by atoms with Crippen LogP contribution >= 0.6 is 12.2 Å². The highest BCUT2D eigenvalue weighted by Gasteiger charge is 2.25. The summed E-state index contributed by atoms with van der Waals surface area (Å²) in [5.74, 6) is -2.08. The number of hydrogen-bond donors (Lipinski definition) is 5. The molecule has 294 valence electrons. The van der Waals surface area contributed by atoms with Crippen LogP contribution in [-0.2, 0) is 44.6 Å². The summed E-state index contributed by atoms with van der Waals surface area (Å²) in [6.07, 6.45) is -0.644. The van der Waals surface area contributed by atoms with Gasteiger partial charge in [-0.15, -0.1) is 5.10 Å². The number of rotatable bonds is 24. The number of carboxylic acids is 1. The number of amides is 3. The molecule has 0 saturated carbocycles. The van der Waals surface area contributed by atoms with Gasteiger partial charge in [-0.2, -0.15) is 0 Å². The molecule has 20 heteroatoms. The molecule has 18 nitrogen and oxygen atoms in total. The topological polar surface area (TPSA) is 226 Å². The zero-order valence-corrected chi connectivity index (χ0v) is 30.9. The first kappa shape index (κ1) is 42.9. The Morgan fingerprint density at radius 3 is 2.23 bits per heavy atom. The minimum atomic E-state index is -1.09. The van der Waals surface area contributed by atoms with Crippen molar-refractivity contribution in [1.29, 1.82) is 0 Å². The molecule has 0 saturated heterocycles. The minimum absolute atomic E-state index is 0.0962. The van der Waals surface area contributed by atoms with Gasteiger partial charge in [0.2, 0.25) is 22.4 Å². The molecule has 0 unspecified atom stereocenters. The molecule has 3 aromatic rings. The average molecular weight is 770 g/mol. The first-order chi connectivity index (χ1) is 25.3. The van der Waals surface area contributed by atoms with Gasteiger partial charge >= 0.3 is 12.1 Å². The molecule has 53 heavy (non-hydrogen) atoms. The highest BCUT2D eigenvalue weighted by molar-refractivity contribution is 7.71. The van der Waals surface area contributed by atoms with Gasteiger partial charge in [-0.25, -0.2) is 14.3 Å². The fourth-order valence-electron chi connectivity index (χ4n) is 4.84. The molecular formula is C33H48FN7O11S. The van der Waals surface area contributed by atoms with E-state index in [9.17, 15) is 28.4 Å². The largest absolute Gasteiger partial charge is 0.481 e. The van der Waals surface area contributed by atoms with Crippen molar-refractivity contribution in [3.63, 3.8) is 0 Å². The number of hydrogen-bond acceptors (Lipinski definition) is 12. The zero-order valence-electron chi connectivity index (χ0n) is 30.1. The third kappa shape index (κ3) is 15.2. The van der Waals surface area contributed by atoms with Crippen molar-refractivity contribution in [1.82, 2.24) is 35.1 Å². The van der Waals surface area contributed by atoms with E-state index >= 15 is 0 Å². The zero-order chi connectivity index (χ0) is 38.8. The number of carbonyl (C=O) groups is 4. The van der Waals surface area contributed by atoms with Gasteiger partial charge in [0.15, 0.2) is 0 Å². The van der Waals surface area contributed by atoms with E-state index in [0.29, 0.717) is 57.3 Å². The molecule has 0 fully saturated rings. The van der Waals surface area contributed by atoms with E-state index in [1.807, 2.05) is 0 Å². The van der Waals surface area contributed by atoms with Crippen LogP contribution < -0.4 is 21.5 Å². The molecule has 3 amide bonds. The van der Waals surface area contributed by atoms with E-state index < -0.39 is 41.0 Å². The van der Waals surface area contributed by atoms with Crippen LogP contribution in [0.25, 0.3) is 16.7 Å². The third-order valence-corrected chi connectivity index (χ3v) is 7.52. The number of nitrogens with zero attached hydrogens (tertiary/aromatic N) is 3. The Hall–Kier alpha value is -4.50. The highest BCUT2D eigenvalue weighted by Crippen LogP contribution is 2.15. The van der Waals surface area contributed by atoms with Crippen molar-refractivity contribution < 1.29 is 52.4 Å². The summed E-state index contributed by atoms with van der Waals surface area (Å²) in [7, 11) is 0. The molecule has 0 aliphatic carbocycles. The van der Waals surface area contributed by atoms with Gasteiger partial charge in [-0.05, 0) is 64.0 Å². The van der Waals surface area contributed by atoms with Gasteiger partial charge in [0.25, 0.3) is 5.56 Å². The van der Waals surface area contributed by atoms with E-state index in [-0.39, 0.29) is 68.2 Å². The van der Waals surface area contributed by atoms with E-state index in [2.05, 4.69) is 26.1 Å². The van der Waals surface area contributed by atoms with Crippen molar-refractivity contribution in [3.05, 3.63) is 39.1 Å². The van der Waals surface area contributed by atoms with Crippen molar-refractivity contribution in [3.8, 4) is 0 Å². The number of carbonyl (C=O) groups excluding carboxylic acids is 3. The average Bonchev–Trinajstić information content (AvgIpc) is 3.47. The molecule has 2 heterocycles. The fourth-order valence-corrected chi connectivity index (χ4v) is 5.06. The summed E-state index contributed by atoms with van der Waals surface area (Å²) in [4.78, 5) is 60.6. The predicted octanol–water partition coefficient (Wildman–Crippen LogP) is 1.68. The number of aliphatic carboxylic acids is 1. The lowest BCUT2D eigenvalue weighted by Crippen LogP contribution is -2.49. The summed E-state index contributed by atoms with van der Waals surface area (Å²) >= 11 is 5.29. The molecule has 0 bridgehead atoms. The molecule has 0 radical (unpaired) electrons. The maximum atomic E-state index is 13.9. The Kier molecular flexibility index (Phi) is 17.7. The second kappa shape index (κ2) is 21.9. The number of carboxylic acid groups (broad SMARTS) is 1. The lowest BCUT2D eigenvalue weighted by molar-refractivity contribution is -0.137. The van der Waals surface area contributed by atoms with E-state index in [4.69, 9.17) is 41.0 Å². The summed E-state index contributed by atoms with van der Waals surface area (Å²) < 4.78 is 44.0. The SMILES string of the molecule is CC(C)(C)OC(=O)N[C@@H](CCC(=O)O)C(=O)NCCOCCOCCOCCOCCC(=O)NCCCn1c(=O)c2cc(F)ccc2n2c(=S)[nH]nc12. The molecular weight excluding hydrogens is 721 g/mol. The molecule has 2 aromatic heterocycles. The Bertz CT molecular complexity index is 1790. The monoisotopic (exact) mass is 769 g/mol. The van der Waals surface area contributed by atoms with Crippen LogP contribution in [0, 0.1) is 10.6 Å². The van der Waals surface area contributed by atoms with E-state index in [1.165, 1.54) is 22.8 Å². The van der Waals surface area contributed by atoms with Crippen molar-refractivity contribution in [2.24, 2.45) is 0 Å². The van der Waals surface area contributed by atoms with Crippen molar-refractivity contribution in [2.45, 2.75) is 64.6 Å². The predicted molar refractivity (Wildman–Crippen MR) is 191 cm³/mol. The number of aryl methyl sites for hydroxylation is 1. The third-order valence-electron chi connectivity index (χ3n) is 7.24. The number of aromatic amines is 1. The van der Waals surface area contributed by atoms with Crippen LogP contribution in [0.1, 0.15) is 46.5 Å². The molecule has 1 aromatic carbocycles. The first-order valence-electron chi connectivity index (χ1n) is 17.1. The standard InChI is InChI=1S/C33H48FN7O11S/c1-33(2,3)52-32(47)37-24(6-8-27(43)44)28(45)36-11-14-49-16-18-51-20-19-50-17-15-48-13-9-26(42)35-10-4-12-40-29(46)23-21-22(34)5-7-25(23)41-30(40)38-39-31(41)53/h5,7,21,24H,4,6,8-20H2,1-3H3,(H,35,42)(H,36,45)(H,37,47)(H,39,53)(H,43,44)/t24-/m0/s1.